The van der Waals surface area contributed by atoms with E-state index in [1.54, 1.807) is 0 Å². The SMILES string of the molecule is CCC(NC(=O)c1ccc2c(c1)c(C)c(C)n2Cc1ccccc1)c1ccccc1. The lowest BCUT2D eigenvalue weighted by molar-refractivity contribution is 0.0935. The number of carbonyl (C=O) groups is 1. The first-order valence-electron chi connectivity index (χ1n) is 10.6. The van der Waals surface area contributed by atoms with Crippen molar-refractivity contribution in [3.63, 3.8) is 0 Å². The molecular weight excluding hydrogens is 368 g/mol. The monoisotopic (exact) mass is 396 g/mol. The van der Waals surface area contributed by atoms with Gasteiger partial charge in [0.05, 0.1) is 6.04 Å². The van der Waals surface area contributed by atoms with Gasteiger partial charge in [-0.3, -0.25) is 4.79 Å². The van der Waals surface area contributed by atoms with Gasteiger partial charge in [-0.1, -0.05) is 67.6 Å². The number of nitrogens with zero attached hydrogens (tertiary/aromatic N) is 1. The van der Waals surface area contributed by atoms with Gasteiger partial charge >= 0.3 is 0 Å². The Bertz CT molecular complexity index is 1160. The lowest BCUT2D eigenvalue weighted by Crippen LogP contribution is -2.28. The summed E-state index contributed by atoms with van der Waals surface area (Å²) in [6, 6.07) is 26.7. The number of hydrogen-bond donors (Lipinski definition) is 1. The van der Waals surface area contributed by atoms with E-state index in [1.807, 2.05) is 36.4 Å². The van der Waals surface area contributed by atoms with E-state index in [-0.39, 0.29) is 11.9 Å². The van der Waals surface area contributed by atoms with Gasteiger partial charge in [-0.25, -0.2) is 0 Å². The normalized spacial score (nSPS) is 12.1. The van der Waals surface area contributed by atoms with E-state index in [0.29, 0.717) is 5.56 Å². The molecule has 0 aliphatic carbocycles. The molecule has 0 saturated carbocycles. The highest BCUT2D eigenvalue weighted by Crippen LogP contribution is 2.27. The molecule has 30 heavy (non-hydrogen) atoms. The molecule has 0 saturated heterocycles. The van der Waals surface area contributed by atoms with Crippen molar-refractivity contribution >= 4 is 16.8 Å². The molecule has 0 fully saturated rings. The Balaban J connectivity index is 1.63. The third kappa shape index (κ3) is 3.88. The zero-order chi connectivity index (χ0) is 21.1. The third-order valence-electron chi connectivity index (χ3n) is 6.00. The first kappa shape index (κ1) is 20.0. The molecule has 1 amide bonds. The van der Waals surface area contributed by atoms with Crippen LogP contribution < -0.4 is 5.32 Å². The van der Waals surface area contributed by atoms with E-state index in [9.17, 15) is 4.79 Å². The van der Waals surface area contributed by atoms with Crippen molar-refractivity contribution in [3.8, 4) is 0 Å². The molecule has 4 rings (SSSR count). The largest absolute Gasteiger partial charge is 0.345 e. The molecule has 4 aromatic rings. The lowest BCUT2D eigenvalue weighted by atomic mass is 10.0. The number of carbonyl (C=O) groups excluding carboxylic acids is 1. The van der Waals surface area contributed by atoms with Gasteiger partial charge in [0.2, 0.25) is 0 Å². The summed E-state index contributed by atoms with van der Waals surface area (Å²) in [6.07, 6.45) is 0.851. The van der Waals surface area contributed by atoms with Gasteiger partial charge in [-0.15, -0.1) is 0 Å². The van der Waals surface area contributed by atoms with E-state index in [2.05, 4.69) is 73.1 Å². The summed E-state index contributed by atoms with van der Waals surface area (Å²) in [5.74, 6) is -0.0273. The molecule has 152 valence electrons. The molecule has 0 spiro atoms. The van der Waals surface area contributed by atoms with Gasteiger partial charge in [0.1, 0.15) is 0 Å². The van der Waals surface area contributed by atoms with E-state index < -0.39 is 0 Å². The number of hydrogen-bond acceptors (Lipinski definition) is 1. The number of amides is 1. The van der Waals surface area contributed by atoms with Gasteiger partial charge in [0.15, 0.2) is 0 Å². The Morgan fingerprint density at radius 3 is 2.27 bits per heavy atom. The summed E-state index contributed by atoms with van der Waals surface area (Å²) in [5.41, 5.74) is 6.74. The molecule has 1 atom stereocenters. The summed E-state index contributed by atoms with van der Waals surface area (Å²) >= 11 is 0. The standard InChI is InChI=1S/C27H28N2O/c1-4-25(22-13-9-6-10-14-22)28-27(30)23-15-16-26-24(17-23)19(2)20(3)29(26)18-21-11-7-5-8-12-21/h5-17,25H,4,18H2,1-3H3,(H,28,30). The van der Waals surface area contributed by atoms with Crippen molar-refractivity contribution in [2.24, 2.45) is 0 Å². The number of rotatable bonds is 6. The van der Waals surface area contributed by atoms with Crippen molar-refractivity contribution < 1.29 is 4.79 Å². The summed E-state index contributed by atoms with van der Waals surface area (Å²) < 4.78 is 2.33. The van der Waals surface area contributed by atoms with Crippen molar-refractivity contribution in [2.75, 3.05) is 0 Å². The van der Waals surface area contributed by atoms with Crippen LogP contribution in [-0.2, 0) is 6.54 Å². The van der Waals surface area contributed by atoms with Crippen molar-refractivity contribution in [3.05, 3.63) is 107 Å². The molecule has 3 aromatic carbocycles. The fraction of sp³-hybridized carbons (Fsp3) is 0.222. The Labute approximate surface area is 178 Å². The molecule has 3 heteroatoms. The van der Waals surface area contributed by atoms with Crippen LogP contribution in [0.1, 0.15) is 52.1 Å². The zero-order valence-corrected chi connectivity index (χ0v) is 17.9. The van der Waals surface area contributed by atoms with Crippen LogP contribution in [0.15, 0.2) is 78.9 Å². The van der Waals surface area contributed by atoms with Gasteiger partial charge in [-0.2, -0.15) is 0 Å². The van der Waals surface area contributed by atoms with Gasteiger partial charge in [0, 0.05) is 28.7 Å². The molecule has 3 nitrogen and oxygen atoms in total. The van der Waals surface area contributed by atoms with Crippen LogP contribution in [0.25, 0.3) is 10.9 Å². The third-order valence-corrected chi connectivity index (χ3v) is 6.00. The van der Waals surface area contributed by atoms with Crippen LogP contribution in [0, 0.1) is 13.8 Å². The lowest BCUT2D eigenvalue weighted by Gasteiger charge is -2.17. The summed E-state index contributed by atoms with van der Waals surface area (Å²) in [6.45, 7) is 7.22. The fourth-order valence-electron chi connectivity index (χ4n) is 4.11. The highest BCUT2D eigenvalue weighted by atomic mass is 16.1. The van der Waals surface area contributed by atoms with Crippen LogP contribution in [0.4, 0.5) is 0 Å². The van der Waals surface area contributed by atoms with Gasteiger partial charge in [-0.05, 0) is 55.2 Å². The van der Waals surface area contributed by atoms with Crippen molar-refractivity contribution in [1.29, 1.82) is 0 Å². The molecule has 1 heterocycles. The molecular formula is C27H28N2O. The van der Waals surface area contributed by atoms with Gasteiger partial charge < -0.3 is 9.88 Å². The summed E-state index contributed by atoms with van der Waals surface area (Å²) in [7, 11) is 0. The quantitative estimate of drug-likeness (QED) is 0.414. The fourth-order valence-corrected chi connectivity index (χ4v) is 4.11. The first-order valence-corrected chi connectivity index (χ1v) is 10.6. The predicted octanol–water partition coefficient (Wildman–Crippen LogP) is 6.19. The minimum Gasteiger partial charge on any atom is -0.345 e. The molecule has 1 N–H and O–H groups in total. The molecule has 0 aliphatic rings. The highest BCUT2D eigenvalue weighted by molar-refractivity contribution is 5.99. The topological polar surface area (TPSA) is 34.0 Å². The summed E-state index contributed by atoms with van der Waals surface area (Å²) in [4.78, 5) is 13.0. The Kier molecular flexibility index (Phi) is 5.71. The first-order chi connectivity index (χ1) is 14.6. The van der Waals surface area contributed by atoms with E-state index in [0.717, 1.165) is 23.9 Å². The van der Waals surface area contributed by atoms with Crippen molar-refractivity contribution in [2.45, 2.75) is 39.8 Å². The highest BCUT2D eigenvalue weighted by Gasteiger charge is 2.17. The van der Waals surface area contributed by atoms with E-state index in [4.69, 9.17) is 0 Å². The summed E-state index contributed by atoms with van der Waals surface area (Å²) in [5, 5.41) is 4.34. The van der Waals surface area contributed by atoms with Crippen molar-refractivity contribution in [1.82, 2.24) is 9.88 Å². The zero-order valence-electron chi connectivity index (χ0n) is 17.9. The smallest absolute Gasteiger partial charge is 0.251 e. The van der Waals surface area contributed by atoms with Crippen LogP contribution in [0.5, 0.6) is 0 Å². The average Bonchev–Trinajstić information content (AvgIpc) is 3.03. The maximum absolute atomic E-state index is 13.0. The van der Waals surface area contributed by atoms with Crippen LogP contribution in [0.2, 0.25) is 0 Å². The number of aromatic nitrogens is 1. The minimum absolute atomic E-state index is 0.0138. The van der Waals surface area contributed by atoms with Gasteiger partial charge in [0.25, 0.3) is 5.91 Å². The average molecular weight is 397 g/mol. The molecule has 0 bridgehead atoms. The molecule has 1 aromatic heterocycles. The molecule has 0 aliphatic heterocycles. The van der Waals surface area contributed by atoms with Crippen LogP contribution in [-0.4, -0.2) is 10.5 Å². The van der Waals surface area contributed by atoms with Crippen LogP contribution >= 0.6 is 0 Å². The second kappa shape index (κ2) is 8.58. The Morgan fingerprint density at radius 2 is 1.60 bits per heavy atom. The maximum Gasteiger partial charge on any atom is 0.251 e. The van der Waals surface area contributed by atoms with E-state index >= 15 is 0 Å². The number of benzene rings is 3. The second-order valence-electron chi connectivity index (χ2n) is 7.86. The number of fused-ring (bicyclic) bond motifs is 1. The molecule has 1 unspecified atom stereocenters. The second-order valence-corrected chi connectivity index (χ2v) is 7.86. The van der Waals surface area contributed by atoms with Crippen LogP contribution in [0.3, 0.4) is 0 Å². The minimum atomic E-state index is -0.0273. The Morgan fingerprint density at radius 1 is 0.933 bits per heavy atom. The Hall–Kier alpha value is -3.33. The van der Waals surface area contributed by atoms with E-state index in [1.165, 1.54) is 22.3 Å². The number of aryl methyl sites for hydroxylation is 1. The predicted molar refractivity (Wildman–Crippen MR) is 124 cm³/mol. The maximum atomic E-state index is 13.0. The molecule has 0 radical (unpaired) electrons. The number of nitrogens with one attached hydrogen (secondary N) is 1.